The van der Waals surface area contributed by atoms with Crippen molar-refractivity contribution in [2.24, 2.45) is 0 Å². The van der Waals surface area contributed by atoms with Gasteiger partial charge in [-0.1, -0.05) is 0 Å². The second kappa shape index (κ2) is 8.29. The number of hydrogen-bond acceptors (Lipinski definition) is 5. The Kier molecular flexibility index (Phi) is 5.59. The van der Waals surface area contributed by atoms with Gasteiger partial charge in [-0.3, -0.25) is 4.90 Å². The molecule has 0 amide bonds. The molecule has 0 saturated carbocycles. The van der Waals surface area contributed by atoms with Gasteiger partial charge >= 0.3 is 0 Å². The molecule has 1 unspecified atom stereocenters. The molecule has 3 aromatic rings. The minimum atomic E-state index is 0.0761. The number of fused-ring (bicyclic) bond motifs is 1. The van der Waals surface area contributed by atoms with Crippen molar-refractivity contribution >= 4 is 11.3 Å². The maximum Gasteiger partial charge on any atom is 0.203 e. The monoisotopic (exact) mass is 398 g/mol. The first kappa shape index (κ1) is 18.9. The molecule has 148 valence electrons. The lowest BCUT2D eigenvalue weighted by atomic mass is 9.99. The predicted molar refractivity (Wildman–Crippen MR) is 112 cm³/mol. The molecule has 0 N–H and O–H groups in total. The Hall–Kier alpha value is -2.44. The quantitative estimate of drug-likeness (QED) is 0.609. The topological polar surface area (TPSA) is 35.9 Å². The van der Waals surface area contributed by atoms with E-state index in [4.69, 9.17) is 14.2 Å². The summed E-state index contributed by atoms with van der Waals surface area (Å²) in [6.45, 7) is 2.94. The zero-order valence-electron chi connectivity index (χ0n) is 16.6. The molecule has 0 saturated heterocycles. The molecule has 1 atom stereocenters. The molecule has 2 aromatic heterocycles. The second-order valence-corrected chi connectivity index (χ2v) is 7.69. The Balaban J connectivity index is 1.85. The standard InChI is InChI=1S/C22H26N2O3S/c1-25-19-8-7-17(21(26-2)22(19)27-3)20-18-6-4-10-23(18)11-5-12-24(20)14-16-9-13-28-15-16/h4,6-10,13,15,20H,5,11-12,14H2,1-3H3. The molecule has 0 bridgehead atoms. The smallest absolute Gasteiger partial charge is 0.203 e. The van der Waals surface area contributed by atoms with Crippen LogP contribution in [0.3, 0.4) is 0 Å². The van der Waals surface area contributed by atoms with Gasteiger partial charge in [0.15, 0.2) is 11.5 Å². The Morgan fingerprint density at radius 1 is 1.00 bits per heavy atom. The van der Waals surface area contributed by atoms with Gasteiger partial charge in [0.25, 0.3) is 0 Å². The minimum Gasteiger partial charge on any atom is -0.493 e. The number of rotatable bonds is 6. The van der Waals surface area contributed by atoms with Crippen LogP contribution in [0.25, 0.3) is 0 Å². The van der Waals surface area contributed by atoms with Crippen LogP contribution in [0.1, 0.15) is 29.3 Å². The highest BCUT2D eigenvalue weighted by Crippen LogP contribution is 2.46. The van der Waals surface area contributed by atoms with Gasteiger partial charge in [-0.2, -0.15) is 11.3 Å². The molecule has 0 fully saturated rings. The molecule has 5 nitrogen and oxygen atoms in total. The fourth-order valence-corrected chi connectivity index (χ4v) is 4.78. The fourth-order valence-electron chi connectivity index (χ4n) is 4.12. The van der Waals surface area contributed by atoms with Crippen molar-refractivity contribution in [1.82, 2.24) is 9.47 Å². The average molecular weight is 399 g/mol. The van der Waals surface area contributed by atoms with Crippen LogP contribution in [0, 0.1) is 0 Å². The normalized spacial score (nSPS) is 17.0. The summed E-state index contributed by atoms with van der Waals surface area (Å²) in [5.74, 6) is 2.05. The Labute approximate surface area is 170 Å². The van der Waals surface area contributed by atoms with Crippen LogP contribution >= 0.6 is 11.3 Å². The zero-order chi connectivity index (χ0) is 19.5. The van der Waals surface area contributed by atoms with Crippen molar-refractivity contribution in [3.05, 3.63) is 64.1 Å². The third-order valence-electron chi connectivity index (χ3n) is 5.35. The lowest BCUT2D eigenvalue weighted by Gasteiger charge is -2.32. The first-order valence-corrected chi connectivity index (χ1v) is 10.4. The molecular formula is C22H26N2O3S. The summed E-state index contributed by atoms with van der Waals surface area (Å²) in [7, 11) is 5.00. The lowest BCUT2D eigenvalue weighted by Crippen LogP contribution is -2.29. The number of ether oxygens (including phenoxy) is 3. The fraction of sp³-hybridized carbons (Fsp3) is 0.364. The first-order chi connectivity index (χ1) is 13.8. The van der Waals surface area contributed by atoms with Crippen molar-refractivity contribution in [3.8, 4) is 17.2 Å². The highest BCUT2D eigenvalue weighted by molar-refractivity contribution is 7.07. The van der Waals surface area contributed by atoms with Crippen LogP contribution in [-0.2, 0) is 13.1 Å². The highest BCUT2D eigenvalue weighted by Gasteiger charge is 2.31. The maximum absolute atomic E-state index is 5.84. The van der Waals surface area contributed by atoms with Crippen molar-refractivity contribution in [2.45, 2.75) is 25.6 Å². The third-order valence-corrected chi connectivity index (χ3v) is 6.08. The molecule has 0 aliphatic carbocycles. The van der Waals surface area contributed by atoms with Gasteiger partial charge in [0.05, 0.1) is 27.4 Å². The van der Waals surface area contributed by atoms with Crippen LogP contribution in [0.2, 0.25) is 0 Å². The maximum atomic E-state index is 5.84. The van der Waals surface area contributed by atoms with Gasteiger partial charge in [0.2, 0.25) is 5.75 Å². The van der Waals surface area contributed by atoms with Crippen LogP contribution < -0.4 is 14.2 Å². The third kappa shape index (κ3) is 3.38. The predicted octanol–water partition coefficient (Wildman–Crippen LogP) is 4.57. The van der Waals surface area contributed by atoms with Gasteiger partial charge in [0, 0.05) is 37.1 Å². The highest BCUT2D eigenvalue weighted by atomic mass is 32.1. The van der Waals surface area contributed by atoms with E-state index in [0.717, 1.165) is 37.4 Å². The van der Waals surface area contributed by atoms with Crippen LogP contribution in [0.15, 0.2) is 47.3 Å². The first-order valence-electron chi connectivity index (χ1n) is 9.45. The van der Waals surface area contributed by atoms with E-state index in [1.807, 2.05) is 6.07 Å². The Morgan fingerprint density at radius 3 is 2.57 bits per heavy atom. The van der Waals surface area contributed by atoms with Gasteiger partial charge < -0.3 is 18.8 Å². The van der Waals surface area contributed by atoms with E-state index in [-0.39, 0.29) is 6.04 Å². The molecule has 0 radical (unpaired) electrons. The van der Waals surface area contributed by atoms with E-state index < -0.39 is 0 Å². The van der Waals surface area contributed by atoms with Crippen molar-refractivity contribution in [1.29, 1.82) is 0 Å². The van der Waals surface area contributed by atoms with Gasteiger partial charge in [-0.05, 0) is 53.1 Å². The largest absolute Gasteiger partial charge is 0.493 e. The van der Waals surface area contributed by atoms with E-state index in [2.05, 4.69) is 50.7 Å². The molecule has 6 heteroatoms. The molecule has 28 heavy (non-hydrogen) atoms. The SMILES string of the molecule is COc1ccc(C2c3cccn3CCCN2Cc2ccsc2)c(OC)c1OC. The number of hydrogen-bond donors (Lipinski definition) is 0. The summed E-state index contributed by atoms with van der Waals surface area (Å²) in [6, 6.07) is 10.7. The van der Waals surface area contributed by atoms with Crippen LogP contribution in [0.4, 0.5) is 0 Å². The molecular weight excluding hydrogens is 372 g/mol. The summed E-state index contributed by atoms with van der Waals surface area (Å²) in [5, 5.41) is 4.37. The van der Waals surface area contributed by atoms with E-state index >= 15 is 0 Å². The summed E-state index contributed by atoms with van der Waals surface area (Å²) in [4.78, 5) is 2.53. The molecule has 3 heterocycles. The zero-order valence-corrected chi connectivity index (χ0v) is 17.4. The number of nitrogens with zero attached hydrogens (tertiary/aromatic N) is 2. The molecule has 1 aliphatic heterocycles. The second-order valence-electron chi connectivity index (χ2n) is 6.91. The summed E-state index contributed by atoms with van der Waals surface area (Å²) >= 11 is 1.74. The van der Waals surface area contributed by atoms with Crippen LogP contribution in [0.5, 0.6) is 17.2 Å². The number of aromatic nitrogens is 1. The van der Waals surface area contributed by atoms with Gasteiger partial charge in [-0.25, -0.2) is 0 Å². The average Bonchev–Trinajstić information content (AvgIpc) is 3.37. The molecule has 4 rings (SSSR count). The molecule has 0 spiro atoms. The van der Waals surface area contributed by atoms with Crippen molar-refractivity contribution in [2.75, 3.05) is 27.9 Å². The van der Waals surface area contributed by atoms with Gasteiger partial charge in [0.1, 0.15) is 0 Å². The summed E-state index contributed by atoms with van der Waals surface area (Å²) < 4.78 is 19.3. The Bertz CT molecular complexity index is 920. The number of benzene rings is 1. The summed E-state index contributed by atoms with van der Waals surface area (Å²) in [5.41, 5.74) is 3.71. The lowest BCUT2D eigenvalue weighted by molar-refractivity contribution is 0.215. The number of aryl methyl sites for hydroxylation is 1. The van der Waals surface area contributed by atoms with E-state index in [1.165, 1.54) is 11.3 Å². The van der Waals surface area contributed by atoms with Crippen molar-refractivity contribution < 1.29 is 14.2 Å². The molecule has 1 aromatic carbocycles. The Morgan fingerprint density at radius 2 is 1.86 bits per heavy atom. The van der Waals surface area contributed by atoms with Crippen molar-refractivity contribution in [3.63, 3.8) is 0 Å². The number of methoxy groups -OCH3 is 3. The molecule has 1 aliphatic rings. The number of thiophene rings is 1. The van der Waals surface area contributed by atoms with Crippen LogP contribution in [-0.4, -0.2) is 37.3 Å². The van der Waals surface area contributed by atoms with E-state index in [0.29, 0.717) is 11.5 Å². The van der Waals surface area contributed by atoms with E-state index in [1.54, 1.807) is 32.7 Å². The minimum absolute atomic E-state index is 0.0761. The summed E-state index contributed by atoms with van der Waals surface area (Å²) in [6.07, 6.45) is 3.28. The van der Waals surface area contributed by atoms with Gasteiger partial charge in [-0.15, -0.1) is 0 Å². The van der Waals surface area contributed by atoms with E-state index in [9.17, 15) is 0 Å².